The molecule has 0 fully saturated rings. The third kappa shape index (κ3) is 8.77. The van der Waals surface area contributed by atoms with E-state index in [1.54, 1.807) is 0 Å². The molecule has 2 rings (SSSR count). The molecule has 4 heteroatoms. The zero-order chi connectivity index (χ0) is 19.2. The predicted octanol–water partition coefficient (Wildman–Crippen LogP) is 6.52. The molecule has 0 aromatic heterocycles. The predicted molar refractivity (Wildman–Crippen MR) is 109 cm³/mol. The summed E-state index contributed by atoms with van der Waals surface area (Å²) in [6.07, 6.45) is 9.30. The third-order valence-corrected chi connectivity index (χ3v) is 4.37. The summed E-state index contributed by atoms with van der Waals surface area (Å²) in [5.74, 6) is 1.45. The highest BCUT2D eigenvalue weighted by molar-refractivity contribution is 6.31. The zero-order valence-electron chi connectivity index (χ0n) is 16.5. The van der Waals surface area contributed by atoms with E-state index in [0.29, 0.717) is 25.7 Å². The Morgan fingerprint density at radius 2 is 2.00 bits per heavy atom. The molecule has 0 aliphatic carbocycles. The molecule has 1 heterocycles. The minimum Gasteiger partial charge on any atom is -0.495 e. The first-order valence-electron chi connectivity index (χ1n) is 9.62. The first-order chi connectivity index (χ1) is 12.7. The minimum absolute atomic E-state index is 0.132. The third-order valence-electron chi connectivity index (χ3n) is 4.01. The Balaban J connectivity index is 0.00000163. The van der Waals surface area contributed by atoms with E-state index in [4.69, 9.17) is 25.8 Å². The van der Waals surface area contributed by atoms with Gasteiger partial charge in [0.05, 0.1) is 25.2 Å². The lowest BCUT2D eigenvalue weighted by molar-refractivity contribution is -0.0168. The van der Waals surface area contributed by atoms with Crippen molar-refractivity contribution in [3.8, 4) is 0 Å². The summed E-state index contributed by atoms with van der Waals surface area (Å²) in [6.45, 7) is 9.60. The average Bonchev–Trinajstić information content (AvgIpc) is 2.66. The van der Waals surface area contributed by atoms with Crippen LogP contribution in [-0.2, 0) is 20.8 Å². The summed E-state index contributed by atoms with van der Waals surface area (Å²) in [5, 5.41) is 0.724. The fourth-order valence-corrected chi connectivity index (χ4v) is 2.76. The molecule has 0 spiro atoms. The van der Waals surface area contributed by atoms with Crippen molar-refractivity contribution in [3.05, 3.63) is 59.0 Å². The van der Waals surface area contributed by atoms with Gasteiger partial charge in [0.2, 0.25) is 0 Å². The molecule has 1 aromatic carbocycles. The Kier molecular flexibility index (Phi) is 11.9. The summed E-state index contributed by atoms with van der Waals surface area (Å²) < 4.78 is 17.4. The van der Waals surface area contributed by atoms with E-state index in [2.05, 4.69) is 19.1 Å². The SMILES string of the molecule is CC.CCCC1/C=C/OC(COCc2ccccc2Cl)CO/C(C)=C/C1. The lowest BCUT2D eigenvalue weighted by Crippen LogP contribution is -2.24. The van der Waals surface area contributed by atoms with Gasteiger partial charge in [0.25, 0.3) is 0 Å². The van der Waals surface area contributed by atoms with Crippen LogP contribution >= 0.6 is 11.6 Å². The van der Waals surface area contributed by atoms with E-state index in [1.807, 2.05) is 51.3 Å². The van der Waals surface area contributed by atoms with Gasteiger partial charge in [0.15, 0.2) is 6.10 Å². The van der Waals surface area contributed by atoms with E-state index >= 15 is 0 Å². The maximum absolute atomic E-state index is 6.14. The summed E-state index contributed by atoms with van der Waals surface area (Å²) in [7, 11) is 0. The van der Waals surface area contributed by atoms with Gasteiger partial charge >= 0.3 is 0 Å². The van der Waals surface area contributed by atoms with Crippen LogP contribution in [0.15, 0.2) is 48.4 Å². The molecule has 0 amide bonds. The summed E-state index contributed by atoms with van der Waals surface area (Å²) >= 11 is 6.14. The van der Waals surface area contributed by atoms with E-state index < -0.39 is 0 Å². The van der Waals surface area contributed by atoms with Crippen molar-refractivity contribution in [2.24, 2.45) is 5.92 Å². The van der Waals surface area contributed by atoms with Crippen LogP contribution in [0.1, 0.15) is 52.5 Å². The van der Waals surface area contributed by atoms with Crippen molar-refractivity contribution in [1.82, 2.24) is 0 Å². The highest BCUT2D eigenvalue weighted by atomic mass is 35.5. The Morgan fingerprint density at radius 1 is 1.23 bits per heavy atom. The first kappa shape index (κ1) is 22.6. The lowest BCUT2D eigenvalue weighted by atomic mass is 9.99. The van der Waals surface area contributed by atoms with E-state index in [-0.39, 0.29) is 6.10 Å². The second-order valence-electron chi connectivity index (χ2n) is 6.10. The smallest absolute Gasteiger partial charge is 0.155 e. The highest BCUT2D eigenvalue weighted by Gasteiger charge is 2.13. The van der Waals surface area contributed by atoms with Crippen LogP contribution in [0.25, 0.3) is 0 Å². The first-order valence-corrected chi connectivity index (χ1v) is 9.99. The van der Waals surface area contributed by atoms with Crippen LogP contribution in [0.2, 0.25) is 5.02 Å². The summed E-state index contributed by atoms with van der Waals surface area (Å²) in [5.41, 5.74) is 0.981. The molecular weight excluding hydrogens is 348 g/mol. The maximum Gasteiger partial charge on any atom is 0.155 e. The summed E-state index contributed by atoms with van der Waals surface area (Å²) in [4.78, 5) is 0. The standard InChI is InChI=1S/C20H27ClO3.C2H6/c1-3-6-17-10-9-16(2)24-15-19(23-12-11-17)14-22-13-18-7-4-5-8-20(18)21;1-2/h4-5,7-9,11-12,17,19H,3,6,10,13-15H2,1-2H3;1-2H3/b12-11+,16-9+;. The van der Waals surface area contributed by atoms with Crippen molar-refractivity contribution < 1.29 is 14.2 Å². The molecule has 1 aromatic rings. The van der Waals surface area contributed by atoms with E-state index in [1.165, 1.54) is 0 Å². The van der Waals surface area contributed by atoms with Gasteiger partial charge < -0.3 is 14.2 Å². The molecule has 2 unspecified atom stereocenters. The molecule has 0 N–H and O–H groups in total. The number of hydrogen-bond acceptors (Lipinski definition) is 3. The van der Waals surface area contributed by atoms with Gasteiger partial charge in [0, 0.05) is 5.02 Å². The van der Waals surface area contributed by atoms with Crippen molar-refractivity contribution >= 4 is 11.6 Å². The number of halogens is 1. The second kappa shape index (κ2) is 13.7. The van der Waals surface area contributed by atoms with Crippen LogP contribution in [0.3, 0.4) is 0 Å². The number of hydrogen-bond donors (Lipinski definition) is 0. The Labute approximate surface area is 164 Å². The topological polar surface area (TPSA) is 27.7 Å². The average molecular weight is 381 g/mol. The van der Waals surface area contributed by atoms with Gasteiger partial charge in [-0.25, -0.2) is 0 Å². The van der Waals surface area contributed by atoms with Gasteiger partial charge in [0.1, 0.15) is 6.61 Å². The van der Waals surface area contributed by atoms with Crippen LogP contribution in [0.4, 0.5) is 0 Å². The Bertz CT molecular complexity index is 554. The van der Waals surface area contributed by atoms with Crippen molar-refractivity contribution in [2.75, 3.05) is 13.2 Å². The van der Waals surface area contributed by atoms with Crippen molar-refractivity contribution in [3.63, 3.8) is 0 Å². The molecule has 0 saturated carbocycles. The number of ether oxygens (including phenoxy) is 3. The largest absolute Gasteiger partial charge is 0.495 e. The van der Waals surface area contributed by atoms with Crippen LogP contribution in [0.5, 0.6) is 0 Å². The fourth-order valence-electron chi connectivity index (χ4n) is 2.57. The molecule has 0 radical (unpaired) electrons. The van der Waals surface area contributed by atoms with Gasteiger partial charge in [-0.05, 0) is 49.5 Å². The van der Waals surface area contributed by atoms with Crippen molar-refractivity contribution in [1.29, 1.82) is 0 Å². The molecule has 0 bridgehead atoms. The Morgan fingerprint density at radius 3 is 2.73 bits per heavy atom. The zero-order valence-corrected chi connectivity index (χ0v) is 17.3. The number of rotatable bonds is 6. The van der Waals surface area contributed by atoms with Gasteiger partial charge in [-0.1, -0.05) is 57.0 Å². The lowest BCUT2D eigenvalue weighted by Gasteiger charge is -2.20. The molecule has 3 nitrogen and oxygen atoms in total. The molecular formula is C22H33ClO3. The van der Waals surface area contributed by atoms with Crippen LogP contribution in [-0.4, -0.2) is 19.3 Å². The van der Waals surface area contributed by atoms with E-state index in [9.17, 15) is 0 Å². The van der Waals surface area contributed by atoms with Crippen LogP contribution < -0.4 is 0 Å². The fraction of sp³-hybridized carbons (Fsp3) is 0.545. The monoisotopic (exact) mass is 380 g/mol. The minimum atomic E-state index is -0.132. The maximum atomic E-state index is 6.14. The summed E-state index contributed by atoms with van der Waals surface area (Å²) in [6, 6.07) is 7.71. The highest BCUT2D eigenvalue weighted by Crippen LogP contribution is 2.18. The molecule has 1 aliphatic rings. The number of allylic oxidation sites excluding steroid dienone is 3. The van der Waals surface area contributed by atoms with Gasteiger partial charge in [-0.2, -0.15) is 0 Å². The second-order valence-corrected chi connectivity index (χ2v) is 6.51. The van der Waals surface area contributed by atoms with Gasteiger partial charge in [-0.3, -0.25) is 0 Å². The molecule has 2 atom stereocenters. The molecule has 26 heavy (non-hydrogen) atoms. The van der Waals surface area contributed by atoms with Crippen molar-refractivity contribution in [2.45, 2.75) is 59.7 Å². The molecule has 0 saturated heterocycles. The molecule has 146 valence electrons. The van der Waals surface area contributed by atoms with Gasteiger partial charge in [-0.15, -0.1) is 0 Å². The van der Waals surface area contributed by atoms with E-state index in [0.717, 1.165) is 35.6 Å². The van der Waals surface area contributed by atoms with Crippen LogP contribution in [0, 0.1) is 5.92 Å². The molecule has 1 aliphatic heterocycles. The normalized spacial score (nSPS) is 23.3. The number of benzene rings is 1. The Hall–Kier alpha value is -1.45. The quantitative estimate of drug-likeness (QED) is 0.562.